The summed E-state index contributed by atoms with van der Waals surface area (Å²) in [6.45, 7) is 3.36. The number of benzene rings is 1. The van der Waals surface area contributed by atoms with Crippen LogP contribution in [-0.4, -0.2) is 18.9 Å². The molecule has 2 nitrogen and oxygen atoms in total. The summed E-state index contributed by atoms with van der Waals surface area (Å²) in [6.07, 6.45) is 9.18. The molecular weight excluding hydrogens is 265 g/mol. The molecule has 1 saturated heterocycles. The Morgan fingerprint density at radius 2 is 1.76 bits per heavy atom. The Balaban J connectivity index is 1.70. The average Bonchev–Trinajstić information content (AvgIpc) is 2.49. The smallest absolute Gasteiger partial charge is 0.159 e. The molecule has 114 valence electrons. The lowest BCUT2D eigenvalue weighted by atomic mass is 9.68. The zero-order chi connectivity index (χ0) is 14.9. The molecule has 1 aliphatic heterocycles. The lowest BCUT2D eigenvalue weighted by Crippen LogP contribution is -2.41. The number of hydrogen-bond acceptors (Lipinski definition) is 2. The monoisotopic (exact) mass is 289 g/mol. The average molecular weight is 289 g/mol. The van der Waals surface area contributed by atoms with E-state index in [-0.39, 0.29) is 11.6 Å². The van der Waals surface area contributed by atoms with Crippen LogP contribution < -0.4 is 4.90 Å². The topological polar surface area (TPSA) is 20.3 Å². The van der Waals surface area contributed by atoms with Crippen LogP contribution in [0.15, 0.2) is 18.2 Å². The van der Waals surface area contributed by atoms with E-state index in [9.17, 15) is 9.18 Å². The van der Waals surface area contributed by atoms with Gasteiger partial charge in [-0.1, -0.05) is 19.3 Å². The van der Waals surface area contributed by atoms with Gasteiger partial charge in [0.2, 0.25) is 0 Å². The Kier molecular flexibility index (Phi) is 4.01. The summed E-state index contributed by atoms with van der Waals surface area (Å²) < 4.78 is 14.2. The highest BCUT2D eigenvalue weighted by Crippen LogP contribution is 2.45. The Bertz CT molecular complexity index is 524. The molecule has 0 N–H and O–H groups in total. The minimum atomic E-state index is -0.262. The van der Waals surface area contributed by atoms with Crippen LogP contribution in [0, 0.1) is 11.2 Å². The van der Waals surface area contributed by atoms with Crippen molar-refractivity contribution in [1.82, 2.24) is 0 Å². The number of halogens is 1. The SMILES string of the molecule is CC(=O)c1ccc(N2CCC3(CCCCC3)CC2)c(F)c1. The lowest BCUT2D eigenvalue weighted by Gasteiger charge is -2.45. The largest absolute Gasteiger partial charge is 0.369 e. The van der Waals surface area contributed by atoms with Gasteiger partial charge in [-0.2, -0.15) is 0 Å². The molecule has 2 aliphatic rings. The van der Waals surface area contributed by atoms with E-state index >= 15 is 0 Å². The van der Waals surface area contributed by atoms with Crippen LogP contribution in [0.5, 0.6) is 0 Å². The first-order valence-corrected chi connectivity index (χ1v) is 8.15. The molecule has 0 radical (unpaired) electrons. The van der Waals surface area contributed by atoms with Gasteiger partial charge < -0.3 is 4.90 Å². The minimum absolute atomic E-state index is 0.0831. The van der Waals surface area contributed by atoms with Gasteiger partial charge in [0.1, 0.15) is 5.82 Å². The van der Waals surface area contributed by atoms with E-state index in [4.69, 9.17) is 0 Å². The third kappa shape index (κ3) is 2.97. The highest BCUT2D eigenvalue weighted by Gasteiger charge is 2.35. The lowest BCUT2D eigenvalue weighted by molar-refractivity contribution is 0.101. The number of Topliss-reactive ketones (excluding diaryl/α,β-unsaturated/α-hetero) is 1. The van der Waals surface area contributed by atoms with Crippen molar-refractivity contribution in [3.8, 4) is 0 Å². The van der Waals surface area contributed by atoms with Crippen LogP contribution in [0.2, 0.25) is 0 Å². The van der Waals surface area contributed by atoms with Crippen molar-refractivity contribution in [2.75, 3.05) is 18.0 Å². The number of hydrogen-bond donors (Lipinski definition) is 0. The van der Waals surface area contributed by atoms with Gasteiger partial charge in [-0.15, -0.1) is 0 Å². The number of nitrogens with zero attached hydrogens (tertiary/aromatic N) is 1. The predicted octanol–water partition coefficient (Wildman–Crippen LogP) is 4.58. The second-order valence-corrected chi connectivity index (χ2v) is 6.77. The zero-order valence-electron chi connectivity index (χ0n) is 12.8. The van der Waals surface area contributed by atoms with Gasteiger partial charge in [0.25, 0.3) is 0 Å². The van der Waals surface area contributed by atoms with Crippen LogP contribution in [-0.2, 0) is 0 Å². The molecule has 0 aromatic heterocycles. The zero-order valence-corrected chi connectivity index (χ0v) is 12.8. The van der Waals surface area contributed by atoms with Crippen molar-refractivity contribution in [2.45, 2.75) is 51.9 Å². The fourth-order valence-electron chi connectivity index (χ4n) is 4.01. The number of ketones is 1. The number of anilines is 1. The first-order chi connectivity index (χ1) is 10.1. The van der Waals surface area contributed by atoms with Crippen LogP contribution in [0.4, 0.5) is 10.1 Å². The van der Waals surface area contributed by atoms with Crippen LogP contribution in [0.1, 0.15) is 62.2 Å². The Labute approximate surface area is 126 Å². The summed E-state index contributed by atoms with van der Waals surface area (Å²) >= 11 is 0. The maximum absolute atomic E-state index is 14.2. The molecule has 0 bridgehead atoms. The number of piperidine rings is 1. The standard InChI is InChI=1S/C18H24FNO/c1-14(21)15-5-6-17(16(19)13-15)20-11-9-18(10-12-20)7-3-2-4-8-18/h5-6,13H,2-4,7-12H2,1H3. The van der Waals surface area contributed by atoms with E-state index in [1.807, 2.05) is 0 Å². The molecular formula is C18H24FNO. The van der Waals surface area contributed by atoms with Crippen molar-refractivity contribution < 1.29 is 9.18 Å². The van der Waals surface area contributed by atoms with Gasteiger partial charge in [-0.05, 0) is 56.2 Å². The molecule has 21 heavy (non-hydrogen) atoms. The summed E-state index contributed by atoms with van der Waals surface area (Å²) in [7, 11) is 0. The fraction of sp³-hybridized carbons (Fsp3) is 0.611. The van der Waals surface area contributed by atoms with Gasteiger partial charge in [-0.25, -0.2) is 4.39 Å². The molecule has 3 rings (SSSR count). The van der Waals surface area contributed by atoms with Gasteiger partial charge in [0, 0.05) is 18.7 Å². The highest BCUT2D eigenvalue weighted by molar-refractivity contribution is 5.94. The normalized spacial score (nSPS) is 21.5. The Morgan fingerprint density at radius 3 is 2.33 bits per heavy atom. The molecule has 0 atom stereocenters. The Hall–Kier alpha value is -1.38. The summed E-state index contributed by atoms with van der Waals surface area (Å²) in [5, 5.41) is 0. The molecule has 1 spiro atoms. The maximum Gasteiger partial charge on any atom is 0.159 e. The summed E-state index contributed by atoms with van der Waals surface area (Å²) in [5.41, 5.74) is 1.65. The van der Waals surface area contributed by atoms with Crippen LogP contribution >= 0.6 is 0 Å². The van der Waals surface area contributed by atoms with Crippen molar-refractivity contribution in [3.05, 3.63) is 29.6 Å². The van der Waals surface area contributed by atoms with Crippen molar-refractivity contribution in [1.29, 1.82) is 0 Å². The van der Waals surface area contributed by atoms with Crippen molar-refractivity contribution >= 4 is 11.5 Å². The molecule has 1 saturated carbocycles. The van der Waals surface area contributed by atoms with Gasteiger partial charge in [-0.3, -0.25) is 4.79 Å². The first kappa shape index (κ1) is 14.6. The molecule has 1 aromatic carbocycles. The third-order valence-corrected chi connectivity index (χ3v) is 5.43. The van der Waals surface area contributed by atoms with Crippen molar-refractivity contribution in [2.24, 2.45) is 5.41 Å². The number of carbonyl (C=O) groups excluding carboxylic acids is 1. The maximum atomic E-state index is 14.2. The van der Waals surface area contributed by atoms with Crippen LogP contribution in [0.25, 0.3) is 0 Å². The number of rotatable bonds is 2. The minimum Gasteiger partial charge on any atom is -0.369 e. The summed E-state index contributed by atoms with van der Waals surface area (Å²) in [4.78, 5) is 13.5. The predicted molar refractivity (Wildman–Crippen MR) is 83.4 cm³/mol. The highest BCUT2D eigenvalue weighted by atomic mass is 19.1. The van der Waals surface area contributed by atoms with Crippen molar-refractivity contribution in [3.63, 3.8) is 0 Å². The van der Waals surface area contributed by atoms with E-state index in [0.717, 1.165) is 13.1 Å². The third-order valence-electron chi connectivity index (χ3n) is 5.43. The Morgan fingerprint density at radius 1 is 1.10 bits per heavy atom. The van der Waals surface area contributed by atoms with E-state index < -0.39 is 0 Å². The first-order valence-electron chi connectivity index (χ1n) is 8.15. The van der Waals surface area contributed by atoms with E-state index in [1.165, 1.54) is 57.9 Å². The van der Waals surface area contributed by atoms with Gasteiger partial charge >= 0.3 is 0 Å². The fourth-order valence-corrected chi connectivity index (χ4v) is 4.01. The molecule has 1 heterocycles. The second kappa shape index (κ2) is 5.78. The molecule has 1 aromatic rings. The van der Waals surface area contributed by atoms with Gasteiger partial charge in [0.05, 0.1) is 5.69 Å². The molecule has 0 unspecified atom stereocenters. The second-order valence-electron chi connectivity index (χ2n) is 6.77. The van der Waals surface area contributed by atoms with Crippen LogP contribution in [0.3, 0.4) is 0 Å². The number of carbonyl (C=O) groups is 1. The summed E-state index contributed by atoms with van der Waals surface area (Å²) in [6, 6.07) is 4.89. The molecule has 1 aliphatic carbocycles. The van der Waals surface area contributed by atoms with E-state index in [2.05, 4.69) is 4.90 Å². The molecule has 0 amide bonds. The molecule has 3 heteroatoms. The summed E-state index contributed by atoms with van der Waals surface area (Å²) in [5.74, 6) is -0.345. The van der Waals surface area contributed by atoms with E-state index in [1.54, 1.807) is 12.1 Å². The molecule has 2 fully saturated rings. The quantitative estimate of drug-likeness (QED) is 0.743. The van der Waals surface area contributed by atoms with E-state index in [0.29, 0.717) is 16.7 Å². The van der Waals surface area contributed by atoms with Gasteiger partial charge in [0.15, 0.2) is 5.78 Å².